The number of benzene rings is 1. The number of carbonyl (C=O) groups is 2. The normalized spacial score (nSPS) is 19.1. The summed E-state index contributed by atoms with van der Waals surface area (Å²) in [4.78, 5) is 25.0. The number of aliphatic hydroxyl groups is 1. The summed E-state index contributed by atoms with van der Waals surface area (Å²) in [6, 6.07) is 4.70. The maximum atomic E-state index is 12.5. The van der Waals surface area contributed by atoms with Crippen LogP contribution in [-0.2, 0) is 16.1 Å². The van der Waals surface area contributed by atoms with Gasteiger partial charge in [0.05, 0.1) is 17.7 Å². The molecule has 0 radical (unpaired) electrons. The molecule has 0 aliphatic heterocycles. The van der Waals surface area contributed by atoms with Crippen molar-refractivity contribution < 1.29 is 24.2 Å². The van der Waals surface area contributed by atoms with E-state index in [1.165, 1.54) is 18.9 Å². The molecule has 1 N–H and O–H groups in total. The molecule has 0 atom stereocenters. The van der Waals surface area contributed by atoms with Gasteiger partial charge in [0.2, 0.25) is 0 Å². The van der Waals surface area contributed by atoms with Gasteiger partial charge in [-0.05, 0) is 75.1 Å². The predicted molar refractivity (Wildman–Crippen MR) is 96.9 cm³/mol. The van der Waals surface area contributed by atoms with Crippen LogP contribution in [0.2, 0.25) is 0 Å². The summed E-state index contributed by atoms with van der Waals surface area (Å²) in [5.41, 5.74) is 1.12. The Bertz CT molecular complexity index is 577. The monoisotopic (exact) mass is 360 g/mol. The van der Waals surface area contributed by atoms with E-state index in [1.54, 1.807) is 12.1 Å². The largest absolute Gasteiger partial charge is 0.459 e. The third kappa shape index (κ3) is 5.07. The molecule has 142 valence electrons. The zero-order valence-corrected chi connectivity index (χ0v) is 15.2. The number of hydrogen-bond donors (Lipinski definition) is 1. The fraction of sp³-hybridized carbons (Fsp3) is 0.619. The van der Waals surface area contributed by atoms with Crippen molar-refractivity contribution >= 4 is 11.9 Å². The first kappa shape index (κ1) is 18.9. The Kier molecular flexibility index (Phi) is 6.67. The lowest BCUT2D eigenvalue weighted by atomic mass is 9.97. The lowest BCUT2D eigenvalue weighted by molar-refractivity contribution is 0.0209. The van der Waals surface area contributed by atoms with Crippen molar-refractivity contribution in [2.24, 2.45) is 0 Å². The van der Waals surface area contributed by atoms with Crippen molar-refractivity contribution in [3.05, 3.63) is 34.9 Å². The van der Waals surface area contributed by atoms with Crippen LogP contribution in [0.1, 0.15) is 90.5 Å². The Morgan fingerprint density at radius 1 is 0.769 bits per heavy atom. The summed E-state index contributed by atoms with van der Waals surface area (Å²) in [6.07, 6.45) is 10.1. The van der Waals surface area contributed by atoms with E-state index in [0.717, 1.165) is 51.4 Å². The highest BCUT2D eigenvalue weighted by Gasteiger charge is 2.22. The first-order chi connectivity index (χ1) is 12.7. The van der Waals surface area contributed by atoms with Crippen LogP contribution in [0.25, 0.3) is 0 Å². The van der Waals surface area contributed by atoms with Crippen molar-refractivity contribution in [3.63, 3.8) is 0 Å². The second-order valence-corrected chi connectivity index (χ2v) is 7.41. The van der Waals surface area contributed by atoms with Gasteiger partial charge in [-0.3, -0.25) is 0 Å². The van der Waals surface area contributed by atoms with Crippen LogP contribution in [0.3, 0.4) is 0 Å². The van der Waals surface area contributed by atoms with E-state index in [2.05, 4.69) is 0 Å². The lowest BCUT2D eigenvalue weighted by Crippen LogP contribution is -2.22. The lowest BCUT2D eigenvalue weighted by Gasteiger charge is -2.23. The molecule has 0 spiro atoms. The van der Waals surface area contributed by atoms with E-state index in [4.69, 9.17) is 9.47 Å². The smallest absolute Gasteiger partial charge is 0.338 e. The molecule has 0 bridgehead atoms. The second kappa shape index (κ2) is 9.17. The van der Waals surface area contributed by atoms with Crippen LogP contribution in [0.5, 0.6) is 0 Å². The summed E-state index contributed by atoms with van der Waals surface area (Å²) in [5.74, 6) is -0.863. The Labute approximate surface area is 154 Å². The quantitative estimate of drug-likeness (QED) is 0.798. The fourth-order valence-electron chi connectivity index (χ4n) is 3.82. The van der Waals surface area contributed by atoms with Gasteiger partial charge >= 0.3 is 11.9 Å². The molecule has 0 heterocycles. The van der Waals surface area contributed by atoms with Crippen molar-refractivity contribution in [1.29, 1.82) is 0 Å². The molecule has 0 saturated heterocycles. The first-order valence-electron chi connectivity index (χ1n) is 9.82. The highest BCUT2D eigenvalue weighted by Crippen LogP contribution is 2.24. The molecule has 0 aromatic heterocycles. The molecule has 26 heavy (non-hydrogen) atoms. The number of rotatable bonds is 5. The highest BCUT2D eigenvalue weighted by molar-refractivity contribution is 5.95. The van der Waals surface area contributed by atoms with Crippen LogP contribution >= 0.6 is 0 Å². The van der Waals surface area contributed by atoms with E-state index >= 15 is 0 Å². The SMILES string of the molecule is O=C(OC1CCCCC1)c1cc(CO)cc(C(=O)OC2CCCCC2)c1. The second-order valence-electron chi connectivity index (χ2n) is 7.41. The standard InChI is InChI=1S/C21H28O5/c22-14-15-11-16(20(23)25-18-7-3-1-4-8-18)13-17(12-15)21(24)26-19-9-5-2-6-10-19/h11-13,18-19,22H,1-10,14H2. The molecule has 3 rings (SSSR count). The number of aliphatic hydroxyl groups excluding tert-OH is 1. The minimum atomic E-state index is -0.432. The van der Waals surface area contributed by atoms with Crippen LogP contribution in [0.4, 0.5) is 0 Å². The third-order valence-corrected chi connectivity index (χ3v) is 5.30. The summed E-state index contributed by atoms with van der Waals surface area (Å²) in [6.45, 7) is -0.242. The molecule has 0 unspecified atom stereocenters. The Morgan fingerprint density at radius 2 is 1.19 bits per heavy atom. The minimum Gasteiger partial charge on any atom is -0.459 e. The van der Waals surface area contributed by atoms with Gasteiger partial charge in [0.1, 0.15) is 12.2 Å². The number of esters is 2. The summed E-state index contributed by atoms with van der Waals surface area (Å²) in [7, 11) is 0. The van der Waals surface area contributed by atoms with Crippen molar-refractivity contribution in [3.8, 4) is 0 Å². The molecule has 5 nitrogen and oxygen atoms in total. The molecule has 0 amide bonds. The van der Waals surface area contributed by atoms with Gasteiger partial charge in [0.25, 0.3) is 0 Å². The van der Waals surface area contributed by atoms with Crippen molar-refractivity contribution in [1.82, 2.24) is 0 Å². The Balaban J connectivity index is 1.70. The van der Waals surface area contributed by atoms with Gasteiger partial charge in [-0.1, -0.05) is 12.8 Å². The highest BCUT2D eigenvalue weighted by atomic mass is 16.5. The van der Waals surface area contributed by atoms with Gasteiger partial charge < -0.3 is 14.6 Å². The van der Waals surface area contributed by atoms with E-state index in [9.17, 15) is 14.7 Å². The zero-order valence-electron chi connectivity index (χ0n) is 15.2. The van der Waals surface area contributed by atoms with Crippen LogP contribution < -0.4 is 0 Å². The molecule has 5 heteroatoms. The Morgan fingerprint density at radius 3 is 1.58 bits per heavy atom. The topological polar surface area (TPSA) is 72.8 Å². The minimum absolute atomic E-state index is 0.0494. The number of carbonyl (C=O) groups excluding carboxylic acids is 2. The molecule has 2 fully saturated rings. The van der Waals surface area contributed by atoms with Crippen LogP contribution in [0.15, 0.2) is 18.2 Å². The number of hydrogen-bond acceptors (Lipinski definition) is 5. The van der Waals surface area contributed by atoms with Crippen LogP contribution in [-0.4, -0.2) is 29.3 Å². The van der Waals surface area contributed by atoms with E-state index in [1.807, 2.05) is 0 Å². The first-order valence-corrected chi connectivity index (χ1v) is 9.82. The van der Waals surface area contributed by atoms with Crippen molar-refractivity contribution in [2.75, 3.05) is 0 Å². The summed E-state index contributed by atoms with van der Waals surface area (Å²) < 4.78 is 11.2. The fourth-order valence-corrected chi connectivity index (χ4v) is 3.82. The van der Waals surface area contributed by atoms with Gasteiger partial charge in [-0.25, -0.2) is 9.59 Å². The van der Waals surface area contributed by atoms with E-state index < -0.39 is 11.9 Å². The summed E-state index contributed by atoms with van der Waals surface area (Å²) in [5, 5.41) is 9.49. The maximum Gasteiger partial charge on any atom is 0.338 e. The van der Waals surface area contributed by atoms with Gasteiger partial charge in [0, 0.05) is 0 Å². The zero-order chi connectivity index (χ0) is 18.4. The molecule has 2 saturated carbocycles. The van der Waals surface area contributed by atoms with E-state index in [0.29, 0.717) is 16.7 Å². The molecule has 1 aromatic rings. The average molecular weight is 360 g/mol. The van der Waals surface area contributed by atoms with Gasteiger partial charge in [0.15, 0.2) is 0 Å². The Hall–Kier alpha value is -1.88. The molecular weight excluding hydrogens is 332 g/mol. The molecule has 2 aliphatic carbocycles. The predicted octanol–water partition coefficient (Wildman–Crippen LogP) is 4.16. The molecular formula is C21H28O5. The van der Waals surface area contributed by atoms with Crippen molar-refractivity contribution in [2.45, 2.75) is 83.0 Å². The summed E-state index contributed by atoms with van der Waals surface area (Å²) >= 11 is 0. The van der Waals surface area contributed by atoms with E-state index in [-0.39, 0.29) is 18.8 Å². The van der Waals surface area contributed by atoms with Gasteiger partial charge in [-0.2, -0.15) is 0 Å². The van der Waals surface area contributed by atoms with Crippen LogP contribution in [0, 0.1) is 0 Å². The average Bonchev–Trinajstić information content (AvgIpc) is 2.69. The number of ether oxygens (including phenoxy) is 2. The van der Waals surface area contributed by atoms with Gasteiger partial charge in [-0.15, -0.1) is 0 Å². The third-order valence-electron chi connectivity index (χ3n) is 5.30. The maximum absolute atomic E-state index is 12.5. The molecule has 1 aromatic carbocycles. The molecule has 2 aliphatic rings.